The minimum Gasteiger partial charge on any atom is -0.497 e. The van der Waals surface area contributed by atoms with Crippen molar-refractivity contribution in [3.8, 4) is 5.75 Å². The number of fused-ring (bicyclic) bond motifs is 1. The molecular formula is C16H19NO5. The Morgan fingerprint density at radius 2 is 2.27 bits per heavy atom. The second-order valence-electron chi connectivity index (χ2n) is 5.90. The SMILES string of the molecule is COc1cccc(C(=O)N2C[C@H]3COCC[C@@]3(C(=O)O)C2)c1. The molecular weight excluding hydrogens is 286 g/mol. The summed E-state index contributed by atoms with van der Waals surface area (Å²) in [5.74, 6) is -0.525. The number of hydrogen-bond acceptors (Lipinski definition) is 4. The van der Waals surface area contributed by atoms with Gasteiger partial charge < -0.3 is 19.5 Å². The molecule has 0 unspecified atom stereocenters. The highest BCUT2D eigenvalue weighted by molar-refractivity contribution is 5.95. The minimum absolute atomic E-state index is 0.145. The van der Waals surface area contributed by atoms with Crippen LogP contribution in [-0.4, -0.2) is 55.3 Å². The second-order valence-corrected chi connectivity index (χ2v) is 5.90. The summed E-state index contributed by atoms with van der Waals surface area (Å²) in [4.78, 5) is 26.0. The van der Waals surface area contributed by atoms with Crippen molar-refractivity contribution >= 4 is 11.9 Å². The fourth-order valence-corrected chi connectivity index (χ4v) is 3.39. The topological polar surface area (TPSA) is 76.1 Å². The molecule has 3 rings (SSSR count). The Morgan fingerprint density at radius 1 is 1.45 bits per heavy atom. The molecule has 1 N–H and O–H groups in total. The Hall–Kier alpha value is -2.08. The lowest BCUT2D eigenvalue weighted by Gasteiger charge is -2.33. The molecule has 2 heterocycles. The molecule has 2 atom stereocenters. The van der Waals surface area contributed by atoms with E-state index in [-0.39, 0.29) is 18.4 Å². The Morgan fingerprint density at radius 3 is 2.95 bits per heavy atom. The van der Waals surface area contributed by atoms with Crippen LogP contribution < -0.4 is 4.74 Å². The Labute approximate surface area is 128 Å². The zero-order valence-electron chi connectivity index (χ0n) is 12.4. The summed E-state index contributed by atoms with van der Waals surface area (Å²) in [6.07, 6.45) is 0.453. The number of carbonyl (C=O) groups excluding carboxylic acids is 1. The van der Waals surface area contributed by atoms with E-state index in [4.69, 9.17) is 9.47 Å². The van der Waals surface area contributed by atoms with Crippen molar-refractivity contribution in [2.75, 3.05) is 33.4 Å². The molecule has 6 nitrogen and oxygen atoms in total. The number of aliphatic carboxylic acids is 1. The van der Waals surface area contributed by atoms with Crippen LogP contribution in [0.25, 0.3) is 0 Å². The van der Waals surface area contributed by atoms with Crippen LogP contribution in [0.4, 0.5) is 0 Å². The Bertz CT molecular complexity index is 602. The number of amides is 1. The van der Waals surface area contributed by atoms with Crippen LogP contribution in [-0.2, 0) is 9.53 Å². The molecule has 118 valence electrons. The van der Waals surface area contributed by atoms with Crippen molar-refractivity contribution in [1.82, 2.24) is 4.90 Å². The number of likely N-dealkylation sites (tertiary alicyclic amines) is 1. The first-order valence-electron chi connectivity index (χ1n) is 7.31. The van der Waals surface area contributed by atoms with E-state index < -0.39 is 11.4 Å². The van der Waals surface area contributed by atoms with Crippen molar-refractivity contribution in [2.24, 2.45) is 11.3 Å². The molecule has 1 aromatic carbocycles. The maximum atomic E-state index is 12.7. The average molecular weight is 305 g/mol. The molecule has 1 amide bonds. The summed E-state index contributed by atoms with van der Waals surface area (Å²) >= 11 is 0. The van der Waals surface area contributed by atoms with Gasteiger partial charge in [-0.1, -0.05) is 6.07 Å². The van der Waals surface area contributed by atoms with Gasteiger partial charge in [-0.2, -0.15) is 0 Å². The summed E-state index contributed by atoms with van der Waals surface area (Å²) in [6, 6.07) is 6.92. The molecule has 2 aliphatic heterocycles. The van der Waals surface area contributed by atoms with Crippen molar-refractivity contribution in [3.05, 3.63) is 29.8 Å². The summed E-state index contributed by atoms with van der Waals surface area (Å²) in [6.45, 7) is 1.49. The number of carboxylic acid groups (broad SMARTS) is 1. The van der Waals surface area contributed by atoms with Gasteiger partial charge in [-0.05, 0) is 24.6 Å². The second kappa shape index (κ2) is 5.61. The minimum atomic E-state index is -0.868. The molecule has 0 aromatic heterocycles. The van der Waals surface area contributed by atoms with Gasteiger partial charge in [-0.3, -0.25) is 9.59 Å². The van der Waals surface area contributed by atoms with Gasteiger partial charge in [-0.25, -0.2) is 0 Å². The quantitative estimate of drug-likeness (QED) is 0.910. The van der Waals surface area contributed by atoms with Gasteiger partial charge in [0.15, 0.2) is 0 Å². The molecule has 0 radical (unpaired) electrons. The molecule has 2 fully saturated rings. The lowest BCUT2D eigenvalue weighted by atomic mass is 9.74. The highest BCUT2D eigenvalue weighted by Crippen LogP contribution is 2.42. The largest absolute Gasteiger partial charge is 0.497 e. The van der Waals surface area contributed by atoms with Gasteiger partial charge in [0.2, 0.25) is 0 Å². The molecule has 1 aromatic rings. The van der Waals surface area contributed by atoms with E-state index in [0.717, 1.165) is 0 Å². The van der Waals surface area contributed by atoms with E-state index in [1.54, 1.807) is 36.3 Å². The van der Waals surface area contributed by atoms with Gasteiger partial charge in [0.1, 0.15) is 5.75 Å². The van der Waals surface area contributed by atoms with Gasteiger partial charge in [0.25, 0.3) is 5.91 Å². The third kappa shape index (κ3) is 2.33. The molecule has 2 saturated heterocycles. The van der Waals surface area contributed by atoms with Crippen LogP contribution in [0.2, 0.25) is 0 Å². The van der Waals surface area contributed by atoms with E-state index in [2.05, 4.69) is 0 Å². The summed E-state index contributed by atoms with van der Waals surface area (Å²) in [5.41, 5.74) is -0.355. The van der Waals surface area contributed by atoms with Crippen LogP contribution in [0.5, 0.6) is 5.75 Å². The molecule has 0 saturated carbocycles. The van der Waals surface area contributed by atoms with E-state index >= 15 is 0 Å². The van der Waals surface area contributed by atoms with Crippen molar-refractivity contribution in [3.63, 3.8) is 0 Å². The Balaban J connectivity index is 1.84. The molecule has 0 spiro atoms. The third-order valence-electron chi connectivity index (χ3n) is 4.74. The van der Waals surface area contributed by atoms with Gasteiger partial charge in [0.05, 0.1) is 19.1 Å². The van der Waals surface area contributed by atoms with E-state index in [1.807, 2.05) is 0 Å². The summed E-state index contributed by atoms with van der Waals surface area (Å²) in [7, 11) is 1.55. The maximum absolute atomic E-state index is 12.7. The first-order valence-corrected chi connectivity index (χ1v) is 7.31. The predicted molar refractivity (Wildman–Crippen MR) is 77.9 cm³/mol. The number of carboxylic acids is 1. The Kier molecular flexibility index (Phi) is 3.78. The van der Waals surface area contributed by atoms with Crippen LogP contribution in [0.3, 0.4) is 0 Å². The molecule has 0 aliphatic carbocycles. The molecule has 0 bridgehead atoms. The normalized spacial score (nSPS) is 27.3. The highest BCUT2D eigenvalue weighted by atomic mass is 16.5. The van der Waals surface area contributed by atoms with Crippen molar-refractivity contribution < 1.29 is 24.2 Å². The van der Waals surface area contributed by atoms with Gasteiger partial charge in [0, 0.05) is 31.2 Å². The van der Waals surface area contributed by atoms with Crippen LogP contribution in [0.1, 0.15) is 16.8 Å². The summed E-state index contributed by atoms with van der Waals surface area (Å²) in [5, 5.41) is 9.64. The lowest BCUT2D eigenvalue weighted by molar-refractivity contribution is -0.157. The van der Waals surface area contributed by atoms with Crippen LogP contribution >= 0.6 is 0 Å². The third-order valence-corrected chi connectivity index (χ3v) is 4.74. The van der Waals surface area contributed by atoms with Crippen LogP contribution in [0, 0.1) is 11.3 Å². The monoisotopic (exact) mass is 305 g/mol. The highest BCUT2D eigenvalue weighted by Gasteiger charge is 2.54. The van der Waals surface area contributed by atoms with Gasteiger partial charge in [-0.15, -0.1) is 0 Å². The van der Waals surface area contributed by atoms with Crippen molar-refractivity contribution in [2.45, 2.75) is 6.42 Å². The predicted octanol–water partition coefficient (Wildman–Crippen LogP) is 1.26. The number of carbonyl (C=O) groups is 2. The molecule has 2 aliphatic rings. The van der Waals surface area contributed by atoms with E-state index in [0.29, 0.717) is 37.5 Å². The first-order chi connectivity index (χ1) is 10.6. The molecule has 6 heteroatoms. The number of benzene rings is 1. The number of methoxy groups -OCH3 is 1. The fourth-order valence-electron chi connectivity index (χ4n) is 3.39. The van der Waals surface area contributed by atoms with Crippen LogP contribution in [0.15, 0.2) is 24.3 Å². The number of nitrogens with zero attached hydrogens (tertiary/aromatic N) is 1. The first kappa shape index (κ1) is 14.8. The zero-order chi connectivity index (χ0) is 15.7. The molecule has 22 heavy (non-hydrogen) atoms. The van der Waals surface area contributed by atoms with E-state index in [9.17, 15) is 14.7 Å². The van der Waals surface area contributed by atoms with E-state index in [1.165, 1.54) is 0 Å². The average Bonchev–Trinajstić information content (AvgIpc) is 2.95. The lowest BCUT2D eigenvalue weighted by Crippen LogP contribution is -2.45. The number of hydrogen-bond donors (Lipinski definition) is 1. The number of ether oxygens (including phenoxy) is 2. The fraction of sp³-hybridized carbons (Fsp3) is 0.500. The summed E-state index contributed by atoms with van der Waals surface area (Å²) < 4.78 is 10.5. The van der Waals surface area contributed by atoms with Gasteiger partial charge >= 0.3 is 5.97 Å². The zero-order valence-corrected chi connectivity index (χ0v) is 12.4. The smallest absolute Gasteiger partial charge is 0.311 e. The standard InChI is InChI=1S/C16H19NO5/c1-21-13-4-2-3-11(7-13)14(18)17-8-12-9-22-6-5-16(12,10-17)15(19)20/h2-4,7,12H,5-6,8-10H2,1H3,(H,19,20)/t12-,16+/m0/s1. The number of rotatable bonds is 3. The maximum Gasteiger partial charge on any atom is 0.311 e. The van der Waals surface area contributed by atoms with Crippen molar-refractivity contribution in [1.29, 1.82) is 0 Å².